The van der Waals surface area contributed by atoms with Gasteiger partial charge in [-0.15, -0.1) is 11.8 Å². The van der Waals surface area contributed by atoms with E-state index in [4.69, 9.17) is 5.26 Å². The van der Waals surface area contributed by atoms with Crippen LogP contribution in [0.4, 0.5) is 5.95 Å². The van der Waals surface area contributed by atoms with E-state index in [0.717, 1.165) is 55.4 Å². The van der Waals surface area contributed by atoms with E-state index in [0.29, 0.717) is 22.5 Å². The third-order valence-electron chi connectivity index (χ3n) is 6.42. The smallest absolute Gasteiger partial charge is 0.250 e. The highest BCUT2D eigenvalue weighted by molar-refractivity contribution is 8.02. The second-order valence-corrected chi connectivity index (χ2v) is 9.76. The van der Waals surface area contributed by atoms with Crippen LogP contribution in [0.2, 0.25) is 0 Å². The first-order valence-electron chi connectivity index (χ1n) is 12.2. The van der Waals surface area contributed by atoms with Crippen molar-refractivity contribution in [3.8, 4) is 6.07 Å². The molecule has 1 unspecified atom stereocenters. The van der Waals surface area contributed by atoms with Gasteiger partial charge in [-0.2, -0.15) is 5.26 Å². The summed E-state index contributed by atoms with van der Waals surface area (Å²) in [5, 5.41) is 11.6. The van der Waals surface area contributed by atoms with Gasteiger partial charge in [0.1, 0.15) is 11.9 Å². The highest BCUT2D eigenvalue weighted by Crippen LogP contribution is 2.36. The molecule has 1 aliphatic heterocycles. The number of imidazole rings is 1. The highest BCUT2D eigenvalue weighted by Gasteiger charge is 2.33. The molecule has 1 atom stereocenters. The fourth-order valence-corrected chi connectivity index (χ4v) is 4.35. The maximum absolute atomic E-state index is 12.3. The SMILES string of the molecule is CCN1CCCC1=O.CS/C(C#N)=C\C=C\C(=O)Nc1nc2cc(C(C)C(=O)C3CC3)ccc2n1C. The van der Waals surface area contributed by atoms with Crippen molar-refractivity contribution in [2.75, 3.05) is 24.7 Å². The van der Waals surface area contributed by atoms with E-state index in [-0.39, 0.29) is 17.7 Å². The Hall–Kier alpha value is -3.38. The second-order valence-electron chi connectivity index (χ2n) is 8.91. The maximum Gasteiger partial charge on any atom is 0.250 e. The Labute approximate surface area is 216 Å². The van der Waals surface area contributed by atoms with Gasteiger partial charge >= 0.3 is 0 Å². The van der Waals surface area contributed by atoms with Gasteiger partial charge < -0.3 is 9.47 Å². The molecule has 2 aliphatic rings. The van der Waals surface area contributed by atoms with Crippen LogP contribution in [0.1, 0.15) is 51.0 Å². The van der Waals surface area contributed by atoms with Crippen molar-refractivity contribution in [3.05, 3.63) is 46.9 Å². The van der Waals surface area contributed by atoms with E-state index in [1.807, 2.05) is 50.1 Å². The van der Waals surface area contributed by atoms with Gasteiger partial charge in [-0.3, -0.25) is 19.7 Å². The van der Waals surface area contributed by atoms with Crippen molar-refractivity contribution in [2.45, 2.75) is 45.4 Å². The molecule has 0 bridgehead atoms. The van der Waals surface area contributed by atoms with E-state index < -0.39 is 0 Å². The molecule has 190 valence electrons. The number of Topliss-reactive ketones (excluding diaryl/α,β-unsaturated/α-hetero) is 1. The molecule has 2 aromatic rings. The summed E-state index contributed by atoms with van der Waals surface area (Å²) >= 11 is 1.32. The minimum Gasteiger partial charge on any atom is -0.343 e. The zero-order valence-corrected chi connectivity index (χ0v) is 22.1. The number of amides is 2. The number of allylic oxidation sites excluding steroid dienone is 3. The Morgan fingerprint density at radius 2 is 2.11 bits per heavy atom. The van der Waals surface area contributed by atoms with Crippen LogP contribution in [0.5, 0.6) is 0 Å². The van der Waals surface area contributed by atoms with Gasteiger partial charge in [-0.25, -0.2) is 4.98 Å². The molecule has 36 heavy (non-hydrogen) atoms. The summed E-state index contributed by atoms with van der Waals surface area (Å²) < 4.78 is 1.80. The molecular weight excluding hydrogens is 474 g/mol. The largest absolute Gasteiger partial charge is 0.343 e. The third-order valence-corrected chi connectivity index (χ3v) is 7.09. The Morgan fingerprint density at radius 1 is 1.36 bits per heavy atom. The lowest BCUT2D eigenvalue weighted by atomic mass is 9.94. The number of anilines is 1. The van der Waals surface area contributed by atoms with Gasteiger partial charge in [0, 0.05) is 44.5 Å². The Balaban J connectivity index is 0.000000383. The standard InChI is InChI=1S/C21H22N4O2S.C6H11NO/c1-13(20(27)14-7-8-14)15-9-10-18-17(11-15)23-21(25(18)2)24-19(26)6-4-5-16(12-22)28-3;1-2-7-5-3-4-6(7)8/h4-6,9-11,13-14H,7-8H2,1-3H3,(H,23,24,26);2-5H2,1H3/b6-4+,16-5-;. The van der Waals surface area contributed by atoms with E-state index in [1.165, 1.54) is 23.9 Å². The molecule has 1 saturated carbocycles. The number of nitrogens with zero attached hydrogens (tertiary/aromatic N) is 4. The predicted molar refractivity (Wildman–Crippen MR) is 143 cm³/mol. The van der Waals surface area contributed by atoms with Gasteiger partial charge in [-0.05, 0) is 56.2 Å². The number of aromatic nitrogens is 2. The molecule has 0 radical (unpaired) electrons. The highest BCUT2D eigenvalue weighted by atomic mass is 32.2. The number of benzene rings is 1. The maximum atomic E-state index is 12.3. The molecule has 2 fully saturated rings. The number of nitriles is 1. The van der Waals surface area contributed by atoms with Crippen LogP contribution in [-0.4, -0.2) is 51.4 Å². The number of nitrogens with one attached hydrogen (secondary N) is 1. The Morgan fingerprint density at radius 3 is 2.67 bits per heavy atom. The minimum atomic E-state index is -0.328. The molecule has 8 nitrogen and oxygen atoms in total. The van der Waals surface area contributed by atoms with Crippen molar-refractivity contribution in [3.63, 3.8) is 0 Å². The molecule has 1 N–H and O–H groups in total. The number of thioether (sulfide) groups is 1. The summed E-state index contributed by atoms with van der Waals surface area (Å²) in [5.41, 5.74) is 2.57. The first-order valence-corrected chi connectivity index (χ1v) is 13.4. The lowest BCUT2D eigenvalue weighted by molar-refractivity contribution is -0.127. The van der Waals surface area contributed by atoms with Gasteiger partial charge in [-0.1, -0.05) is 19.1 Å². The number of hydrogen-bond acceptors (Lipinski definition) is 6. The monoisotopic (exact) mass is 507 g/mol. The molecule has 1 aliphatic carbocycles. The van der Waals surface area contributed by atoms with Crippen LogP contribution in [0.25, 0.3) is 11.0 Å². The normalized spacial score (nSPS) is 16.6. The summed E-state index contributed by atoms with van der Waals surface area (Å²) in [6.45, 7) is 5.83. The van der Waals surface area contributed by atoms with E-state index in [1.54, 1.807) is 16.9 Å². The molecule has 4 rings (SSSR count). The Kier molecular flexibility index (Phi) is 9.48. The average Bonchev–Trinajstić information content (AvgIpc) is 3.58. The fourth-order valence-electron chi connectivity index (χ4n) is 4.05. The van der Waals surface area contributed by atoms with Crippen molar-refractivity contribution in [1.82, 2.24) is 14.5 Å². The zero-order chi connectivity index (χ0) is 26.2. The van der Waals surface area contributed by atoms with Crippen molar-refractivity contribution >= 4 is 46.3 Å². The lowest BCUT2D eigenvalue weighted by Gasteiger charge is -2.10. The number of aryl methyl sites for hydroxylation is 1. The van der Waals surface area contributed by atoms with Gasteiger partial charge in [0.05, 0.1) is 15.9 Å². The van der Waals surface area contributed by atoms with Crippen molar-refractivity contribution < 1.29 is 14.4 Å². The van der Waals surface area contributed by atoms with E-state index in [9.17, 15) is 14.4 Å². The summed E-state index contributed by atoms with van der Waals surface area (Å²) in [7, 11) is 1.83. The van der Waals surface area contributed by atoms with Crippen LogP contribution in [0.3, 0.4) is 0 Å². The summed E-state index contributed by atoms with van der Waals surface area (Å²) in [4.78, 5) is 42.1. The topological polar surface area (TPSA) is 108 Å². The number of hydrogen-bond donors (Lipinski definition) is 1. The summed E-state index contributed by atoms with van der Waals surface area (Å²) in [6.07, 6.45) is 10.1. The third kappa shape index (κ3) is 6.85. The quantitative estimate of drug-likeness (QED) is 0.319. The number of carbonyl (C=O) groups excluding carboxylic acids is 3. The lowest BCUT2D eigenvalue weighted by Crippen LogP contribution is -2.23. The van der Waals surface area contributed by atoms with Crippen molar-refractivity contribution in [1.29, 1.82) is 5.26 Å². The van der Waals surface area contributed by atoms with Gasteiger partial charge in [0.15, 0.2) is 0 Å². The molecule has 2 amide bonds. The van der Waals surface area contributed by atoms with Crippen LogP contribution < -0.4 is 5.32 Å². The number of likely N-dealkylation sites (tertiary alicyclic amines) is 1. The van der Waals surface area contributed by atoms with E-state index >= 15 is 0 Å². The first kappa shape index (κ1) is 27.2. The van der Waals surface area contributed by atoms with Crippen LogP contribution in [0.15, 0.2) is 41.3 Å². The van der Waals surface area contributed by atoms with Gasteiger partial charge in [0.25, 0.3) is 5.91 Å². The fraction of sp³-hybridized carbons (Fsp3) is 0.444. The summed E-state index contributed by atoms with van der Waals surface area (Å²) in [6, 6.07) is 7.84. The Bertz CT molecular complexity index is 1240. The van der Waals surface area contributed by atoms with Gasteiger partial charge in [0.2, 0.25) is 11.9 Å². The molecule has 1 aromatic heterocycles. The molecule has 1 saturated heterocycles. The molecule has 2 heterocycles. The second kappa shape index (κ2) is 12.5. The first-order chi connectivity index (χ1) is 17.3. The minimum absolute atomic E-state index is 0.141. The predicted octanol–water partition coefficient (Wildman–Crippen LogP) is 4.55. The van der Waals surface area contributed by atoms with E-state index in [2.05, 4.69) is 10.3 Å². The zero-order valence-electron chi connectivity index (χ0n) is 21.3. The number of ketones is 1. The number of fused-ring (bicyclic) bond motifs is 1. The average molecular weight is 508 g/mol. The van der Waals surface area contributed by atoms with Crippen molar-refractivity contribution in [2.24, 2.45) is 13.0 Å². The summed E-state index contributed by atoms with van der Waals surface area (Å²) in [5.74, 6) is 0.801. The molecule has 0 spiro atoms. The molecule has 9 heteroatoms. The van der Waals surface area contributed by atoms with Crippen LogP contribution in [-0.2, 0) is 21.4 Å². The van der Waals surface area contributed by atoms with Crippen LogP contribution in [0, 0.1) is 17.2 Å². The van der Waals surface area contributed by atoms with Crippen LogP contribution >= 0.6 is 11.8 Å². The molecular formula is C27H33N5O3S. The number of carbonyl (C=O) groups is 3. The number of rotatable bonds is 8. The molecule has 1 aromatic carbocycles.